The molecule has 0 aliphatic heterocycles. The van der Waals surface area contributed by atoms with Crippen LogP contribution in [0.4, 0.5) is 5.95 Å². The molecule has 42 valence electrons. The number of nitrogen functional groups attached to an aromatic ring is 1. The summed E-state index contributed by atoms with van der Waals surface area (Å²) in [6, 6.07) is 0. The van der Waals surface area contributed by atoms with Crippen LogP contribution in [0.25, 0.3) is 0 Å². The molecule has 0 atom stereocenters. The summed E-state index contributed by atoms with van der Waals surface area (Å²) in [5.74, 6) is 0.369. The number of nitrogens with zero attached hydrogens (tertiary/aromatic N) is 2. The number of nitrogens with two attached hydrogens (primary N) is 1. The van der Waals surface area contributed by atoms with Crippen LogP contribution in [0.5, 0.6) is 0 Å². The predicted octanol–water partition coefficient (Wildman–Crippen LogP) is -1.95. The lowest BCUT2D eigenvalue weighted by molar-refractivity contribution is 1.20. The van der Waals surface area contributed by atoms with Gasteiger partial charge in [0.2, 0.25) is 5.95 Å². The average Bonchev–Trinajstić information content (AvgIpc) is 1.77. The monoisotopic (exact) mass is 108 g/mol. The normalized spacial score (nSPS) is 9.12. The summed E-state index contributed by atoms with van der Waals surface area (Å²) in [5, 5.41) is 0. The SMILES string of the molecule is [BH3-]c1cnc(N)nc1. The highest BCUT2D eigenvalue weighted by atomic mass is 15.0. The third kappa shape index (κ3) is 0.962. The molecule has 2 N–H and O–H groups in total. The molecule has 0 bridgehead atoms. The summed E-state index contributed by atoms with van der Waals surface area (Å²) in [6.45, 7) is 0. The molecule has 0 aliphatic rings. The fourth-order valence-electron chi connectivity index (χ4n) is 0.273. The Morgan fingerprint density at radius 2 is 1.88 bits per heavy atom. The third-order valence-electron chi connectivity index (χ3n) is 0.543. The van der Waals surface area contributed by atoms with Crippen molar-refractivity contribution in [2.75, 3.05) is 5.73 Å². The molecule has 4 heteroatoms. The van der Waals surface area contributed by atoms with Crippen LogP contribution in [-0.4, -0.2) is 17.8 Å². The smallest absolute Gasteiger partial charge is 0.219 e. The van der Waals surface area contributed by atoms with Crippen molar-refractivity contribution in [3.63, 3.8) is 0 Å². The van der Waals surface area contributed by atoms with E-state index in [-0.39, 0.29) is 7.85 Å². The highest BCUT2D eigenvalue weighted by Crippen LogP contribution is 1.79. The van der Waals surface area contributed by atoms with Crippen LogP contribution in [0.3, 0.4) is 0 Å². The van der Waals surface area contributed by atoms with Gasteiger partial charge in [-0.05, 0) is 20.2 Å². The van der Waals surface area contributed by atoms with Gasteiger partial charge in [0.05, 0.1) is 0 Å². The Hall–Kier alpha value is -1.06. The molecule has 0 radical (unpaired) electrons. The molecule has 1 heterocycles. The molecular weight excluding hydrogens is 101 g/mol. The predicted molar refractivity (Wildman–Crippen MR) is 36.0 cm³/mol. The van der Waals surface area contributed by atoms with E-state index in [0.717, 1.165) is 0 Å². The molecule has 1 aromatic rings. The maximum absolute atomic E-state index is 5.23. The summed E-state index contributed by atoms with van der Waals surface area (Å²) in [4.78, 5) is 7.62. The Labute approximate surface area is 48.4 Å². The fraction of sp³-hybridized carbons (Fsp3) is 0. The number of rotatable bonds is 0. The van der Waals surface area contributed by atoms with Crippen molar-refractivity contribution < 1.29 is 0 Å². The second-order valence-electron chi connectivity index (χ2n) is 1.04. The van der Waals surface area contributed by atoms with Gasteiger partial charge in [0.15, 0.2) is 0 Å². The molecule has 1 rings (SSSR count). The van der Waals surface area contributed by atoms with Gasteiger partial charge in [-0.15, -0.1) is 0 Å². The first-order chi connectivity index (χ1) is 3.79. The number of hydrogen-bond donors (Lipinski definition) is 1. The lowest BCUT2D eigenvalue weighted by atomic mass is 10.0. The Morgan fingerprint density at radius 1 is 1.38 bits per heavy atom. The van der Waals surface area contributed by atoms with E-state index in [0.29, 0.717) is 5.95 Å². The fourth-order valence-corrected chi connectivity index (χ4v) is 0.273. The van der Waals surface area contributed by atoms with E-state index >= 15 is 0 Å². The zero-order valence-corrected chi connectivity index (χ0v) is 3.63. The second kappa shape index (κ2) is 1.82. The quantitative estimate of drug-likeness (QED) is 0.393. The molecule has 0 aromatic carbocycles. The van der Waals surface area contributed by atoms with Crippen molar-refractivity contribution >= 4 is 19.3 Å². The first kappa shape index (κ1) is 5.09. The molecule has 8 heavy (non-hydrogen) atoms. The lowest BCUT2D eigenvalue weighted by Crippen LogP contribution is -2.06. The van der Waals surface area contributed by atoms with Crippen molar-refractivity contribution in [1.29, 1.82) is 0 Å². The summed E-state index contributed by atoms with van der Waals surface area (Å²) in [5.41, 5.74) is 6.51. The van der Waals surface area contributed by atoms with Crippen molar-refractivity contribution in [3.05, 3.63) is 12.4 Å². The van der Waals surface area contributed by atoms with Crippen LogP contribution in [0.1, 0.15) is 0 Å². The van der Waals surface area contributed by atoms with Gasteiger partial charge in [-0.1, -0.05) is 0 Å². The number of anilines is 1. The van der Waals surface area contributed by atoms with Gasteiger partial charge < -0.3 is 5.73 Å². The van der Waals surface area contributed by atoms with Crippen molar-refractivity contribution in [2.45, 2.75) is 0 Å². The Kier molecular flexibility index (Phi) is 1.16. The highest BCUT2D eigenvalue weighted by Gasteiger charge is 1.79. The molecule has 0 saturated heterocycles. The average molecular weight is 108 g/mol. The summed E-state index contributed by atoms with van der Waals surface area (Å²) >= 11 is 0. The number of hydrogen-bond acceptors (Lipinski definition) is 3. The minimum atomic E-state index is 0.251. The maximum atomic E-state index is 5.23. The van der Waals surface area contributed by atoms with Crippen LogP contribution in [0.2, 0.25) is 0 Å². The molecule has 3 nitrogen and oxygen atoms in total. The van der Waals surface area contributed by atoms with E-state index in [1.807, 2.05) is 0 Å². The lowest BCUT2D eigenvalue weighted by Gasteiger charge is -1.92. The maximum Gasteiger partial charge on any atom is 0.219 e. The zero-order valence-electron chi connectivity index (χ0n) is 3.63. The Balaban J connectivity index is 3.03. The Morgan fingerprint density at radius 3 is 2.25 bits per heavy atom. The van der Waals surface area contributed by atoms with E-state index in [1.165, 1.54) is 5.46 Å². The van der Waals surface area contributed by atoms with Gasteiger partial charge in [-0.2, -0.15) is 5.46 Å². The molecule has 0 spiro atoms. The molecule has 0 saturated carbocycles. The van der Waals surface area contributed by atoms with Crippen LogP contribution >= 0.6 is 0 Å². The summed E-state index contributed by atoms with van der Waals surface area (Å²) in [6.07, 6.45) is 3.59. The van der Waals surface area contributed by atoms with E-state index in [9.17, 15) is 0 Å². The van der Waals surface area contributed by atoms with Gasteiger partial charge in [0.25, 0.3) is 0 Å². The van der Waals surface area contributed by atoms with Crippen LogP contribution in [-0.2, 0) is 0 Å². The summed E-state index contributed by atoms with van der Waals surface area (Å²) in [7, 11) is 0.251. The molecule has 0 fully saturated rings. The molecule has 1 aromatic heterocycles. The third-order valence-corrected chi connectivity index (χ3v) is 0.543. The minimum Gasteiger partial charge on any atom is -0.368 e. The van der Waals surface area contributed by atoms with Crippen molar-refractivity contribution in [1.82, 2.24) is 9.97 Å². The van der Waals surface area contributed by atoms with Crippen LogP contribution in [0, 0.1) is 0 Å². The van der Waals surface area contributed by atoms with Crippen molar-refractivity contribution in [3.8, 4) is 0 Å². The summed E-state index contributed by atoms with van der Waals surface area (Å²) < 4.78 is 0. The molecule has 0 unspecified atom stereocenters. The number of aromatic nitrogens is 2. The van der Waals surface area contributed by atoms with Crippen LogP contribution < -0.4 is 11.2 Å². The largest absolute Gasteiger partial charge is 0.368 e. The van der Waals surface area contributed by atoms with Gasteiger partial charge in [-0.3, -0.25) is 0 Å². The zero-order chi connectivity index (χ0) is 5.98. The molecular formula is C4H7BN3-. The minimum absolute atomic E-state index is 0.251. The van der Waals surface area contributed by atoms with Gasteiger partial charge in [-0.25, -0.2) is 9.97 Å². The molecule has 0 aliphatic carbocycles. The first-order valence-electron chi connectivity index (χ1n) is 1.83. The van der Waals surface area contributed by atoms with E-state index in [1.54, 1.807) is 12.4 Å². The van der Waals surface area contributed by atoms with E-state index < -0.39 is 0 Å². The standard InChI is InChI=1S/C4H7BN3/c5-3-1-7-4(6)8-2-3/h1-2H,5H3,(H2,6,7,8)/q-1. The van der Waals surface area contributed by atoms with E-state index in [2.05, 4.69) is 9.97 Å². The van der Waals surface area contributed by atoms with Crippen LogP contribution in [0.15, 0.2) is 12.4 Å². The van der Waals surface area contributed by atoms with E-state index in [4.69, 9.17) is 5.73 Å². The van der Waals surface area contributed by atoms with Gasteiger partial charge in [0, 0.05) is 0 Å². The van der Waals surface area contributed by atoms with Gasteiger partial charge in [0.1, 0.15) is 0 Å². The van der Waals surface area contributed by atoms with Crippen molar-refractivity contribution in [2.24, 2.45) is 0 Å². The van der Waals surface area contributed by atoms with Gasteiger partial charge >= 0.3 is 0 Å². The second-order valence-corrected chi connectivity index (χ2v) is 1.04. The topological polar surface area (TPSA) is 51.8 Å². The Bertz CT molecular complexity index is 150. The first-order valence-corrected chi connectivity index (χ1v) is 1.83. The highest BCUT2D eigenvalue weighted by molar-refractivity contribution is 6.31. The molecule has 0 amide bonds.